The number of para-hydroxylation sites is 2. The van der Waals surface area contributed by atoms with E-state index >= 15 is 0 Å². The van der Waals surface area contributed by atoms with Crippen molar-refractivity contribution < 1.29 is 23.2 Å². The van der Waals surface area contributed by atoms with Gasteiger partial charge in [-0.05, 0) is 67.6 Å². The van der Waals surface area contributed by atoms with E-state index in [2.05, 4.69) is 10.3 Å². The van der Waals surface area contributed by atoms with E-state index in [0.29, 0.717) is 29.5 Å². The van der Waals surface area contributed by atoms with Gasteiger partial charge in [-0.2, -0.15) is 0 Å². The SMILES string of the molecule is CCOC(=O)c1ccc(-c2ccc(C(=O)Nc3ccc(-c4nc5ccccc5o4)cc3)o2)cc1. The number of carbonyl (C=O) groups is 2. The van der Waals surface area contributed by atoms with Crippen molar-refractivity contribution in [3.05, 3.63) is 96.3 Å². The molecule has 0 saturated carbocycles. The van der Waals surface area contributed by atoms with Gasteiger partial charge in [0.1, 0.15) is 11.3 Å². The zero-order valence-corrected chi connectivity index (χ0v) is 18.3. The summed E-state index contributed by atoms with van der Waals surface area (Å²) in [4.78, 5) is 28.9. The Labute approximate surface area is 195 Å². The summed E-state index contributed by atoms with van der Waals surface area (Å²) in [5.41, 5.74) is 4.13. The lowest BCUT2D eigenvalue weighted by Crippen LogP contribution is -2.10. The number of hydrogen-bond acceptors (Lipinski definition) is 6. The Morgan fingerprint density at radius 1 is 0.853 bits per heavy atom. The zero-order valence-electron chi connectivity index (χ0n) is 18.3. The van der Waals surface area contributed by atoms with Crippen LogP contribution in [0.5, 0.6) is 0 Å². The second kappa shape index (κ2) is 9.07. The Morgan fingerprint density at radius 2 is 1.59 bits per heavy atom. The van der Waals surface area contributed by atoms with Crippen molar-refractivity contribution in [3.8, 4) is 22.8 Å². The van der Waals surface area contributed by atoms with Crippen LogP contribution in [0.3, 0.4) is 0 Å². The third kappa shape index (κ3) is 4.31. The van der Waals surface area contributed by atoms with Gasteiger partial charge in [0.2, 0.25) is 5.89 Å². The van der Waals surface area contributed by atoms with E-state index in [0.717, 1.165) is 22.2 Å². The maximum atomic E-state index is 12.6. The third-order valence-electron chi connectivity index (χ3n) is 5.19. The average molecular weight is 452 g/mol. The number of nitrogens with one attached hydrogen (secondary N) is 1. The molecule has 0 unspecified atom stereocenters. The molecule has 0 aliphatic rings. The van der Waals surface area contributed by atoms with Crippen LogP contribution in [0.1, 0.15) is 27.8 Å². The van der Waals surface area contributed by atoms with Gasteiger partial charge in [-0.1, -0.05) is 24.3 Å². The number of furan rings is 1. The molecular formula is C27H20N2O5. The molecule has 5 rings (SSSR count). The van der Waals surface area contributed by atoms with Crippen LogP contribution in [-0.4, -0.2) is 23.5 Å². The minimum atomic E-state index is -0.379. The van der Waals surface area contributed by atoms with Gasteiger partial charge in [0, 0.05) is 16.8 Å². The van der Waals surface area contributed by atoms with E-state index in [1.54, 1.807) is 55.5 Å². The maximum Gasteiger partial charge on any atom is 0.338 e. The number of oxazole rings is 1. The molecule has 2 heterocycles. The summed E-state index contributed by atoms with van der Waals surface area (Å²) in [7, 11) is 0. The fourth-order valence-corrected chi connectivity index (χ4v) is 3.48. The van der Waals surface area contributed by atoms with E-state index in [-0.39, 0.29) is 17.6 Å². The molecule has 0 spiro atoms. The highest BCUT2D eigenvalue weighted by Crippen LogP contribution is 2.26. The first-order valence-electron chi connectivity index (χ1n) is 10.8. The largest absolute Gasteiger partial charge is 0.462 e. The van der Waals surface area contributed by atoms with E-state index in [4.69, 9.17) is 13.6 Å². The number of anilines is 1. The minimum absolute atomic E-state index is 0.174. The van der Waals surface area contributed by atoms with E-state index in [1.165, 1.54) is 0 Å². The lowest BCUT2D eigenvalue weighted by molar-refractivity contribution is 0.0526. The molecule has 0 saturated heterocycles. The molecular weight excluding hydrogens is 432 g/mol. The average Bonchev–Trinajstić information content (AvgIpc) is 3.53. The topological polar surface area (TPSA) is 94.6 Å². The first-order valence-corrected chi connectivity index (χ1v) is 10.8. The van der Waals surface area contributed by atoms with Gasteiger partial charge in [0.15, 0.2) is 11.3 Å². The second-order valence-electron chi connectivity index (χ2n) is 7.48. The molecule has 5 aromatic rings. The number of hydrogen-bond donors (Lipinski definition) is 1. The number of benzene rings is 3. The molecule has 0 aliphatic carbocycles. The zero-order chi connectivity index (χ0) is 23.5. The summed E-state index contributed by atoms with van der Waals surface area (Å²) >= 11 is 0. The normalized spacial score (nSPS) is 10.9. The molecule has 0 aliphatic heterocycles. The summed E-state index contributed by atoms with van der Waals surface area (Å²) in [5.74, 6) is 0.461. The van der Waals surface area contributed by atoms with Crippen LogP contribution in [0, 0.1) is 0 Å². The van der Waals surface area contributed by atoms with Crippen molar-refractivity contribution in [1.82, 2.24) is 4.98 Å². The third-order valence-corrected chi connectivity index (χ3v) is 5.19. The van der Waals surface area contributed by atoms with Gasteiger partial charge in [-0.25, -0.2) is 9.78 Å². The number of fused-ring (bicyclic) bond motifs is 1. The molecule has 0 fully saturated rings. The summed E-state index contributed by atoms with van der Waals surface area (Å²) in [6.45, 7) is 2.07. The molecule has 7 heteroatoms. The van der Waals surface area contributed by atoms with Gasteiger partial charge in [-0.15, -0.1) is 0 Å². The van der Waals surface area contributed by atoms with Crippen molar-refractivity contribution in [1.29, 1.82) is 0 Å². The van der Waals surface area contributed by atoms with E-state index < -0.39 is 0 Å². The smallest absolute Gasteiger partial charge is 0.338 e. The Balaban J connectivity index is 1.26. The number of nitrogens with zero attached hydrogens (tertiary/aromatic N) is 1. The fourth-order valence-electron chi connectivity index (χ4n) is 3.48. The van der Waals surface area contributed by atoms with Gasteiger partial charge in [0.05, 0.1) is 12.2 Å². The Morgan fingerprint density at radius 3 is 2.32 bits per heavy atom. The molecule has 1 amide bonds. The molecule has 0 bridgehead atoms. The number of carbonyl (C=O) groups excluding carboxylic acids is 2. The van der Waals surface area contributed by atoms with Gasteiger partial charge >= 0.3 is 5.97 Å². The maximum absolute atomic E-state index is 12.6. The molecule has 0 radical (unpaired) electrons. The van der Waals surface area contributed by atoms with Crippen LogP contribution < -0.4 is 5.32 Å². The molecule has 1 N–H and O–H groups in total. The predicted molar refractivity (Wildman–Crippen MR) is 127 cm³/mol. The van der Waals surface area contributed by atoms with Crippen LogP contribution >= 0.6 is 0 Å². The number of rotatable bonds is 6. The molecule has 34 heavy (non-hydrogen) atoms. The molecule has 168 valence electrons. The number of esters is 1. The lowest BCUT2D eigenvalue weighted by Gasteiger charge is -2.04. The Hall–Kier alpha value is -4.65. The highest BCUT2D eigenvalue weighted by molar-refractivity contribution is 6.02. The van der Waals surface area contributed by atoms with Gasteiger partial charge in [0.25, 0.3) is 5.91 Å². The van der Waals surface area contributed by atoms with Crippen LogP contribution in [-0.2, 0) is 4.74 Å². The van der Waals surface area contributed by atoms with Crippen LogP contribution in [0.2, 0.25) is 0 Å². The van der Waals surface area contributed by atoms with Crippen molar-refractivity contribution in [2.24, 2.45) is 0 Å². The monoisotopic (exact) mass is 452 g/mol. The standard InChI is InChI=1S/C27H20N2O5/c1-2-32-27(31)19-9-7-17(8-10-19)22-15-16-24(33-22)25(30)28-20-13-11-18(12-14-20)26-29-21-5-3-4-6-23(21)34-26/h3-16H,2H2,1H3,(H,28,30). The molecule has 7 nitrogen and oxygen atoms in total. The van der Waals surface area contributed by atoms with Crippen molar-refractivity contribution in [2.45, 2.75) is 6.92 Å². The summed E-state index contributed by atoms with van der Waals surface area (Å²) in [6, 6.07) is 24.9. The summed E-state index contributed by atoms with van der Waals surface area (Å²) < 4.78 is 16.5. The van der Waals surface area contributed by atoms with Crippen LogP contribution in [0.25, 0.3) is 33.9 Å². The van der Waals surface area contributed by atoms with E-state index in [9.17, 15) is 9.59 Å². The molecule has 2 aromatic heterocycles. The number of ether oxygens (including phenoxy) is 1. The van der Waals surface area contributed by atoms with Crippen molar-refractivity contribution in [2.75, 3.05) is 11.9 Å². The van der Waals surface area contributed by atoms with E-state index in [1.807, 2.05) is 36.4 Å². The second-order valence-corrected chi connectivity index (χ2v) is 7.48. The van der Waals surface area contributed by atoms with Crippen LogP contribution in [0.4, 0.5) is 5.69 Å². The summed E-state index contributed by atoms with van der Waals surface area (Å²) in [5, 5.41) is 2.82. The summed E-state index contributed by atoms with van der Waals surface area (Å²) in [6.07, 6.45) is 0. The number of amides is 1. The first kappa shape index (κ1) is 21.2. The Bertz CT molecular complexity index is 1430. The molecule has 3 aromatic carbocycles. The van der Waals surface area contributed by atoms with Crippen molar-refractivity contribution >= 4 is 28.7 Å². The van der Waals surface area contributed by atoms with Gasteiger partial charge in [-0.3, -0.25) is 4.79 Å². The van der Waals surface area contributed by atoms with Crippen molar-refractivity contribution in [3.63, 3.8) is 0 Å². The highest BCUT2D eigenvalue weighted by Gasteiger charge is 2.14. The van der Waals surface area contributed by atoms with Crippen LogP contribution in [0.15, 0.2) is 93.8 Å². The minimum Gasteiger partial charge on any atom is -0.462 e. The highest BCUT2D eigenvalue weighted by atomic mass is 16.5. The quantitative estimate of drug-likeness (QED) is 0.309. The number of aromatic nitrogens is 1. The van der Waals surface area contributed by atoms with Gasteiger partial charge < -0.3 is 18.9 Å². The first-order chi connectivity index (χ1) is 16.6. The Kier molecular flexibility index (Phi) is 5.66. The fraction of sp³-hybridized carbons (Fsp3) is 0.0741. The molecule has 0 atom stereocenters. The lowest BCUT2D eigenvalue weighted by atomic mass is 10.1. The predicted octanol–water partition coefficient (Wildman–Crippen LogP) is 6.18.